The van der Waals surface area contributed by atoms with Crippen LogP contribution in [-0.2, 0) is 5.75 Å². The van der Waals surface area contributed by atoms with E-state index < -0.39 is 0 Å². The topological polar surface area (TPSA) is 87.0 Å². The monoisotopic (exact) mass is 384 g/mol. The maximum absolute atomic E-state index is 11.0. The van der Waals surface area contributed by atoms with Crippen LogP contribution in [0.3, 0.4) is 0 Å². The number of thioether (sulfide) groups is 1. The van der Waals surface area contributed by atoms with Gasteiger partial charge in [0.05, 0.1) is 11.2 Å². The Kier molecular flexibility index (Phi) is 5.24. The maximum Gasteiger partial charge on any atom is 0.269 e. The standard InChI is InChI=1S/C19H20N4O3S/c24-23(25)16-9-4-6-14(12-16)13-27-19-21-20-18(17-10-5-11-26-17)22(19)15-7-2-1-3-8-15/h4-6,9-12,15H,1-3,7-8,13H2. The molecular formula is C19H20N4O3S. The molecule has 3 aromatic rings. The molecule has 0 spiro atoms. The molecule has 1 saturated carbocycles. The first-order valence-electron chi connectivity index (χ1n) is 9.07. The van der Waals surface area contributed by atoms with E-state index in [0.29, 0.717) is 11.8 Å². The van der Waals surface area contributed by atoms with Gasteiger partial charge in [0.2, 0.25) is 5.82 Å². The number of non-ortho nitro benzene ring substituents is 1. The summed E-state index contributed by atoms with van der Waals surface area (Å²) in [6.07, 6.45) is 7.53. The summed E-state index contributed by atoms with van der Waals surface area (Å²) >= 11 is 1.56. The molecule has 7 nitrogen and oxygen atoms in total. The fourth-order valence-corrected chi connectivity index (χ4v) is 4.47. The van der Waals surface area contributed by atoms with Crippen LogP contribution in [0.15, 0.2) is 52.2 Å². The van der Waals surface area contributed by atoms with E-state index in [-0.39, 0.29) is 10.6 Å². The summed E-state index contributed by atoms with van der Waals surface area (Å²) < 4.78 is 7.76. The minimum Gasteiger partial charge on any atom is -0.461 e. The Balaban J connectivity index is 1.60. The molecule has 0 bridgehead atoms. The number of nitrogens with zero attached hydrogens (tertiary/aromatic N) is 4. The Morgan fingerprint density at radius 1 is 1.19 bits per heavy atom. The molecule has 0 unspecified atom stereocenters. The van der Waals surface area contributed by atoms with E-state index in [9.17, 15) is 10.1 Å². The number of hydrogen-bond acceptors (Lipinski definition) is 6. The Morgan fingerprint density at radius 2 is 2.04 bits per heavy atom. The summed E-state index contributed by atoms with van der Waals surface area (Å²) in [7, 11) is 0. The van der Waals surface area contributed by atoms with Gasteiger partial charge in [0, 0.05) is 23.9 Å². The summed E-state index contributed by atoms with van der Waals surface area (Å²) in [5, 5.41) is 20.6. The van der Waals surface area contributed by atoms with Crippen molar-refractivity contribution in [2.24, 2.45) is 0 Å². The quantitative estimate of drug-likeness (QED) is 0.328. The average molecular weight is 384 g/mol. The van der Waals surface area contributed by atoms with Gasteiger partial charge in [-0.3, -0.25) is 14.7 Å². The minimum atomic E-state index is -0.367. The molecule has 0 aliphatic heterocycles. The Hall–Kier alpha value is -2.61. The SMILES string of the molecule is O=[N+]([O-])c1cccc(CSc2nnc(-c3ccco3)n2C2CCCCC2)c1. The maximum atomic E-state index is 11.0. The van der Waals surface area contributed by atoms with Crippen LogP contribution in [-0.4, -0.2) is 19.7 Å². The summed E-state index contributed by atoms with van der Waals surface area (Å²) in [6.45, 7) is 0. The largest absolute Gasteiger partial charge is 0.461 e. The smallest absolute Gasteiger partial charge is 0.269 e. The summed E-state index contributed by atoms with van der Waals surface area (Å²) in [6, 6.07) is 10.9. The third kappa shape index (κ3) is 3.90. The molecule has 0 atom stereocenters. The summed E-state index contributed by atoms with van der Waals surface area (Å²) in [5.41, 5.74) is 1.00. The van der Waals surface area contributed by atoms with Gasteiger partial charge in [0.15, 0.2) is 10.9 Å². The van der Waals surface area contributed by atoms with Crippen molar-refractivity contribution < 1.29 is 9.34 Å². The number of nitro groups is 1. The molecule has 8 heteroatoms. The second-order valence-electron chi connectivity index (χ2n) is 6.66. The number of rotatable bonds is 6. The molecule has 2 aromatic heterocycles. The zero-order chi connectivity index (χ0) is 18.6. The molecule has 1 aliphatic carbocycles. The number of furan rings is 1. The van der Waals surface area contributed by atoms with Gasteiger partial charge >= 0.3 is 0 Å². The molecule has 1 aliphatic rings. The second-order valence-corrected chi connectivity index (χ2v) is 7.60. The lowest BCUT2D eigenvalue weighted by Crippen LogP contribution is -2.15. The first-order valence-corrected chi connectivity index (χ1v) is 10.1. The lowest BCUT2D eigenvalue weighted by atomic mass is 9.95. The van der Waals surface area contributed by atoms with Gasteiger partial charge in [-0.2, -0.15) is 0 Å². The Labute approximate surface area is 160 Å². The van der Waals surface area contributed by atoms with Crippen molar-refractivity contribution in [3.8, 4) is 11.6 Å². The van der Waals surface area contributed by atoms with Crippen LogP contribution >= 0.6 is 11.8 Å². The Bertz CT molecular complexity index is 917. The van der Waals surface area contributed by atoms with E-state index in [1.54, 1.807) is 30.2 Å². The van der Waals surface area contributed by atoms with Gasteiger partial charge in [0.1, 0.15) is 0 Å². The van der Waals surface area contributed by atoms with Crippen LogP contribution < -0.4 is 0 Å². The highest BCUT2D eigenvalue weighted by molar-refractivity contribution is 7.98. The average Bonchev–Trinajstić information content (AvgIpc) is 3.37. The van der Waals surface area contributed by atoms with Crippen molar-refractivity contribution in [2.75, 3.05) is 0 Å². The van der Waals surface area contributed by atoms with Gasteiger partial charge in [-0.25, -0.2) is 0 Å². The molecule has 0 amide bonds. The van der Waals surface area contributed by atoms with Crippen LogP contribution in [0.2, 0.25) is 0 Å². The van der Waals surface area contributed by atoms with Crippen LogP contribution in [0.1, 0.15) is 43.7 Å². The van der Waals surface area contributed by atoms with Gasteiger partial charge < -0.3 is 4.42 Å². The van der Waals surface area contributed by atoms with Gasteiger partial charge in [-0.15, -0.1) is 10.2 Å². The van der Waals surface area contributed by atoms with E-state index in [0.717, 1.165) is 35.1 Å². The Morgan fingerprint density at radius 3 is 2.78 bits per heavy atom. The van der Waals surface area contributed by atoms with Crippen molar-refractivity contribution in [3.05, 3.63) is 58.3 Å². The number of hydrogen-bond donors (Lipinski definition) is 0. The van der Waals surface area contributed by atoms with Crippen molar-refractivity contribution in [1.82, 2.24) is 14.8 Å². The number of aromatic nitrogens is 3. The molecule has 27 heavy (non-hydrogen) atoms. The van der Waals surface area contributed by atoms with Crippen LogP contribution in [0.25, 0.3) is 11.6 Å². The highest BCUT2D eigenvalue weighted by Gasteiger charge is 2.25. The van der Waals surface area contributed by atoms with Crippen molar-refractivity contribution in [2.45, 2.75) is 49.1 Å². The highest BCUT2D eigenvalue weighted by atomic mass is 32.2. The molecule has 1 fully saturated rings. The molecule has 0 N–H and O–H groups in total. The van der Waals surface area contributed by atoms with E-state index in [1.807, 2.05) is 18.2 Å². The normalized spacial score (nSPS) is 15.1. The highest BCUT2D eigenvalue weighted by Crippen LogP contribution is 2.36. The third-order valence-corrected chi connectivity index (χ3v) is 5.85. The first kappa shape index (κ1) is 17.8. The molecule has 0 radical (unpaired) electrons. The van der Waals surface area contributed by atoms with Crippen LogP contribution in [0.4, 0.5) is 5.69 Å². The molecule has 140 valence electrons. The van der Waals surface area contributed by atoms with Gasteiger partial charge in [0.25, 0.3) is 5.69 Å². The third-order valence-electron chi connectivity index (χ3n) is 4.84. The van der Waals surface area contributed by atoms with E-state index in [2.05, 4.69) is 14.8 Å². The minimum absolute atomic E-state index is 0.109. The number of nitro benzene ring substituents is 1. The molecule has 4 rings (SSSR count). The fraction of sp³-hybridized carbons (Fsp3) is 0.368. The van der Waals surface area contributed by atoms with E-state index >= 15 is 0 Å². The zero-order valence-corrected chi connectivity index (χ0v) is 15.6. The van der Waals surface area contributed by atoms with Crippen molar-refractivity contribution in [3.63, 3.8) is 0 Å². The van der Waals surface area contributed by atoms with E-state index in [1.165, 1.54) is 25.3 Å². The molecular weight excluding hydrogens is 364 g/mol. The fourth-order valence-electron chi connectivity index (χ4n) is 3.53. The lowest BCUT2D eigenvalue weighted by Gasteiger charge is -2.25. The number of benzene rings is 1. The van der Waals surface area contributed by atoms with Crippen LogP contribution in [0.5, 0.6) is 0 Å². The lowest BCUT2D eigenvalue weighted by molar-refractivity contribution is -0.384. The van der Waals surface area contributed by atoms with Crippen molar-refractivity contribution in [1.29, 1.82) is 0 Å². The summed E-state index contributed by atoms with van der Waals surface area (Å²) in [4.78, 5) is 10.6. The second kappa shape index (κ2) is 7.96. The molecule has 0 saturated heterocycles. The van der Waals surface area contributed by atoms with Crippen molar-refractivity contribution >= 4 is 17.4 Å². The van der Waals surface area contributed by atoms with Crippen LogP contribution in [0, 0.1) is 10.1 Å². The summed E-state index contributed by atoms with van der Waals surface area (Å²) in [5.74, 6) is 2.08. The predicted octanol–water partition coefficient (Wildman–Crippen LogP) is 5.24. The molecule has 2 heterocycles. The van der Waals surface area contributed by atoms with Gasteiger partial charge in [-0.05, 0) is 30.5 Å². The zero-order valence-electron chi connectivity index (χ0n) is 14.8. The van der Waals surface area contributed by atoms with Gasteiger partial charge in [-0.1, -0.05) is 43.2 Å². The first-order chi connectivity index (χ1) is 13.2. The molecule has 1 aromatic carbocycles. The predicted molar refractivity (Wildman–Crippen MR) is 103 cm³/mol. The van der Waals surface area contributed by atoms with E-state index in [4.69, 9.17) is 4.42 Å².